The van der Waals surface area contributed by atoms with Crippen LogP contribution in [0.15, 0.2) is 60.8 Å². The van der Waals surface area contributed by atoms with Gasteiger partial charge in [0.05, 0.1) is 40.3 Å². The number of carbonyl (C=O) groups is 3. The molecule has 56 heavy (non-hydrogen) atoms. The first kappa shape index (κ1) is 53.0. The van der Waals surface area contributed by atoms with Gasteiger partial charge in [-0.3, -0.25) is 9.59 Å². The van der Waals surface area contributed by atoms with Crippen molar-refractivity contribution in [2.75, 3.05) is 47.5 Å². The topological polar surface area (TPSA) is 111 Å². The molecule has 2 atom stereocenters. The first-order chi connectivity index (χ1) is 27.1. The zero-order chi connectivity index (χ0) is 41.4. The summed E-state index contributed by atoms with van der Waals surface area (Å²) in [5.74, 6) is -2.31. The fourth-order valence-corrected chi connectivity index (χ4v) is 5.62. The molecule has 0 rings (SSSR count). The van der Waals surface area contributed by atoms with Gasteiger partial charge in [-0.2, -0.15) is 0 Å². The minimum atomic E-state index is -1.62. The van der Waals surface area contributed by atoms with Crippen LogP contribution < -0.4 is 5.11 Å². The quantitative estimate of drug-likeness (QED) is 0.0199. The molecule has 0 aliphatic heterocycles. The SMILES string of the molecule is CC/C=C\C/C=C\C/C=C\C/C=C\C/C=C\CCCCCCCCCCCC(=O)OC(COC(=O)CCCCCCCC)COC(OCC[N+](C)(C)C)C(=O)[O-]. The number of nitrogens with zero attached hydrogens (tertiary/aromatic N) is 1. The minimum absolute atomic E-state index is 0.144. The molecule has 322 valence electrons. The first-order valence-corrected chi connectivity index (χ1v) is 21.9. The Morgan fingerprint density at radius 1 is 0.554 bits per heavy atom. The summed E-state index contributed by atoms with van der Waals surface area (Å²) in [5.41, 5.74) is 0. The number of allylic oxidation sites excluding steroid dienone is 10. The third-order valence-corrected chi connectivity index (χ3v) is 9.03. The van der Waals surface area contributed by atoms with Gasteiger partial charge in [0.15, 0.2) is 12.4 Å². The van der Waals surface area contributed by atoms with E-state index in [1.54, 1.807) is 0 Å². The van der Waals surface area contributed by atoms with Crippen molar-refractivity contribution < 1.29 is 42.9 Å². The fourth-order valence-electron chi connectivity index (χ4n) is 5.62. The Bertz CT molecular complexity index is 1100. The highest BCUT2D eigenvalue weighted by molar-refractivity contribution is 5.70. The fraction of sp³-hybridized carbons (Fsp3) is 0.723. The van der Waals surface area contributed by atoms with Crippen molar-refractivity contribution in [2.24, 2.45) is 0 Å². The van der Waals surface area contributed by atoms with E-state index in [4.69, 9.17) is 18.9 Å². The average Bonchev–Trinajstić information content (AvgIpc) is 3.15. The van der Waals surface area contributed by atoms with E-state index in [0.29, 0.717) is 17.4 Å². The highest BCUT2D eigenvalue weighted by Crippen LogP contribution is 2.13. The van der Waals surface area contributed by atoms with E-state index in [-0.39, 0.29) is 38.6 Å². The van der Waals surface area contributed by atoms with Crippen molar-refractivity contribution >= 4 is 17.9 Å². The number of hydrogen-bond acceptors (Lipinski definition) is 8. The lowest BCUT2D eigenvalue weighted by Gasteiger charge is -2.26. The lowest BCUT2D eigenvalue weighted by atomic mass is 10.1. The number of carbonyl (C=O) groups excluding carboxylic acids is 3. The molecule has 0 amide bonds. The Balaban J connectivity index is 4.24. The zero-order valence-electron chi connectivity index (χ0n) is 36.2. The van der Waals surface area contributed by atoms with Crippen molar-refractivity contribution in [3.63, 3.8) is 0 Å². The molecule has 0 bridgehead atoms. The largest absolute Gasteiger partial charge is 0.545 e. The number of unbranched alkanes of at least 4 members (excludes halogenated alkanes) is 14. The summed E-state index contributed by atoms with van der Waals surface area (Å²) < 4.78 is 22.4. The van der Waals surface area contributed by atoms with E-state index in [0.717, 1.165) is 89.9 Å². The van der Waals surface area contributed by atoms with E-state index in [1.165, 1.54) is 38.5 Å². The van der Waals surface area contributed by atoms with Gasteiger partial charge in [-0.05, 0) is 57.8 Å². The molecule has 9 heteroatoms. The lowest BCUT2D eigenvalue weighted by Crippen LogP contribution is -2.44. The molecule has 0 heterocycles. The number of rotatable bonds is 39. The first-order valence-electron chi connectivity index (χ1n) is 21.9. The number of carboxylic acid groups (broad SMARTS) is 1. The molecular weight excluding hydrogens is 707 g/mol. The van der Waals surface area contributed by atoms with Crippen molar-refractivity contribution in [2.45, 2.75) is 174 Å². The average molecular weight is 788 g/mol. The van der Waals surface area contributed by atoms with Gasteiger partial charge in [0.1, 0.15) is 13.2 Å². The zero-order valence-corrected chi connectivity index (χ0v) is 36.2. The summed E-state index contributed by atoms with van der Waals surface area (Å²) >= 11 is 0. The molecule has 0 aliphatic rings. The van der Waals surface area contributed by atoms with Crippen molar-refractivity contribution in [1.29, 1.82) is 0 Å². The van der Waals surface area contributed by atoms with Gasteiger partial charge in [0, 0.05) is 12.8 Å². The Labute approximate surface area is 342 Å². The van der Waals surface area contributed by atoms with Crippen LogP contribution in [0.3, 0.4) is 0 Å². The molecule has 2 unspecified atom stereocenters. The maximum Gasteiger partial charge on any atom is 0.306 e. The summed E-state index contributed by atoms with van der Waals surface area (Å²) in [6.45, 7) is 4.53. The highest BCUT2D eigenvalue weighted by atomic mass is 16.7. The predicted molar refractivity (Wildman–Crippen MR) is 228 cm³/mol. The number of aliphatic carboxylic acids is 1. The van der Waals surface area contributed by atoms with Gasteiger partial charge >= 0.3 is 11.9 Å². The van der Waals surface area contributed by atoms with Crippen molar-refractivity contribution in [1.82, 2.24) is 0 Å². The molecule has 9 nitrogen and oxygen atoms in total. The van der Waals surface area contributed by atoms with E-state index in [9.17, 15) is 19.5 Å². The monoisotopic (exact) mass is 788 g/mol. The lowest BCUT2D eigenvalue weighted by molar-refractivity contribution is -0.870. The second kappa shape index (κ2) is 38.8. The predicted octanol–water partition coefficient (Wildman–Crippen LogP) is 10.0. The molecule has 0 radical (unpaired) electrons. The number of esters is 2. The summed E-state index contributed by atoms with van der Waals surface area (Å²) in [5, 5.41) is 11.6. The summed E-state index contributed by atoms with van der Waals surface area (Å²) in [6.07, 6.45) is 42.9. The van der Waals surface area contributed by atoms with E-state index in [2.05, 4.69) is 74.6 Å². The number of carboxylic acids is 1. The maximum absolute atomic E-state index is 12.7. The minimum Gasteiger partial charge on any atom is -0.545 e. The molecule has 0 aromatic rings. The summed E-state index contributed by atoms with van der Waals surface area (Å²) in [7, 11) is 5.89. The van der Waals surface area contributed by atoms with Crippen LogP contribution in [0.4, 0.5) is 0 Å². The Hall–Kier alpha value is -3.01. The smallest absolute Gasteiger partial charge is 0.306 e. The number of hydrogen-bond donors (Lipinski definition) is 0. The van der Waals surface area contributed by atoms with Crippen LogP contribution in [0.5, 0.6) is 0 Å². The molecule has 0 spiro atoms. The molecule has 0 aromatic heterocycles. The molecule has 0 saturated heterocycles. The van der Waals surface area contributed by atoms with Gasteiger partial charge in [-0.25, -0.2) is 0 Å². The van der Waals surface area contributed by atoms with Gasteiger partial charge < -0.3 is 33.3 Å². The van der Waals surface area contributed by atoms with E-state index < -0.39 is 24.3 Å². The van der Waals surface area contributed by atoms with Crippen LogP contribution in [0.2, 0.25) is 0 Å². The number of ether oxygens (including phenoxy) is 4. The second-order valence-electron chi connectivity index (χ2n) is 15.6. The van der Waals surface area contributed by atoms with Gasteiger partial charge in [0.2, 0.25) is 0 Å². The third-order valence-electron chi connectivity index (χ3n) is 9.03. The Morgan fingerprint density at radius 3 is 1.52 bits per heavy atom. The van der Waals surface area contributed by atoms with Gasteiger partial charge in [-0.15, -0.1) is 0 Å². The van der Waals surface area contributed by atoms with Crippen LogP contribution in [-0.4, -0.2) is 82.3 Å². The van der Waals surface area contributed by atoms with Crippen molar-refractivity contribution in [3.8, 4) is 0 Å². The Kier molecular flexibility index (Phi) is 36.8. The molecule has 0 fully saturated rings. The highest BCUT2D eigenvalue weighted by Gasteiger charge is 2.21. The molecule has 0 aromatic carbocycles. The van der Waals surface area contributed by atoms with Crippen LogP contribution in [0, 0.1) is 0 Å². The van der Waals surface area contributed by atoms with Crippen LogP contribution in [-0.2, 0) is 33.3 Å². The van der Waals surface area contributed by atoms with Gasteiger partial charge in [-0.1, -0.05) is 152 Å². The maximum atomic E-state index is 12.7. The van der Waals surface area contributed by atoms with Crippen LogP contribution >= 0.6 is 0 Å². The molecule has 0 saturated carbocycles. The standard InChI is InChI=1S/C47H81NO8/c1-6-8-10-12-14-15-16-17-18-19-20-21-22-23-24-25-26-27-28-29-30-31-32-34-36-38-45(50)56-43(41-54-44(49)37-35-33-13-11-9-7-2)42-55-47(46(51)52)53-40-39-48(3,4)5/h8,10,14-15,17-18,20-21,23-24,43,47H,6-7,9,11-13,16,19,22,25-42H2,1-5H3/b10-8-,15-14-,18-17-,21-20-,24-23-. The summed E-state index contributed by atoms with van der Waals surface area (Å²) in [6, 6.07) is 0. The van der Waals surface area contributed by atoms with Crippen molar-refractivity contribution in [3.05, 3.63) is 60.8 Å². The molecular formula is C47H81NO8. The third kappa shape index (κ3) is 39.2. The van der Waals surface area contributed by atoms with Gasteiger partial charge in [0.25, 0.3) is 0 Å². The molecule has 0 N–H and O–H groups in total. The normalized spacial score (nSPS) is 13.5. The number of likely N-dealkylation sites (N-methyl/N-ethyl adjacent to an activating group) is 1. The van der Waals surface area contributed by atoms with E-state index >= 15 is 0 Å². The summed E-state index contributed by atoms with van der Waals surface area (Å²) in [4.78, 5) is 36.7. The van der Waals surface area contributed by atoms with E-state index in [1.807, 2.05) is 21.1 Å². The van der Waals surface area contributed by atoms with Crippen LogP contribution in [0.25, 0.3) is 0 Å². The number of quaternary nitrogens is 1. The molecule has 0 aliphatic carbocycles. The van der Waals surface area contributed by atoms with Crippen LogP contribution in [0.1, 0.15) is 162 Å². The second-order valence-corrected chi connectivity index (χ2v) is 15.6. The Morgan fingerprint density at radius 2 is 1.02 bits per heavy atom.